The summed E-state index contributed by atoms with van der Waals surface area (Å²) < 4.78 is 0. The van der Waals surface area contributed by atoms with E-state index in [1.54, 1.807) is 38.5 Å². The van der Waals surface area contributed by atoms with Gasteiger partial charge in [0.1, 0.15) is 0 Å². The molecular formula is C16H26. The maximum atomic E-state index is 2.54. The quantitative estimate of drug-likeness (QED) is 0.614. The fraction of sp³-hybridized carbons (Fsp3) is 1.00. The van der Waals surface area contributed by atoms with Gasteiger partial charge in [-0.25, -0.2) is 0 Å². The first-order chi connectivity index (χ1) is 7.79. The maximum absolute atomic E-state index is 2.54. The standard InChI is InChI=1S/C16H26/c1-9-11-5-3-6-12(9)15(11)16-13-7-4-8-14(16)10(13)2/h9-16H,3-8H2,1-2H3. The smallest absolute Gasteiger partial charge is 0.0318 e. The first kappa shape index (κ1) is 9.97. The van der Waals surface area contributed by atoms with Crippen molar-refractivity contribution in [2.45, 2.75) is 52.4 Å². The summed E-state index contributed by atoms with van der Waals surface area (Å²) in [5.41, 5.74) is 0. The second-order valence-corrected chi connectivity index (χ2v) is 7.39. The number of hydrogen-bond donors (Lipinski definition) is 0. The Bertz CT molecular complexity index is 240. The Morgan fingerprint density at radius 3 is 1.12 bits per heavy atom. The molecule has 4 fully saturated rings. The lowest BCUT2D eigenvalue weighted by Crippen LogP contribution is -2.61. The Kier molecular flexibility index (Phi) is 2.04. The summed E-state index contributed by atoms with van der Waals surface area (Å²) >= 11 is 0. The fourth-order valence-electron chi connectivity index (χ4n) is 6.52. The van der Waals surface area contributed by atoms with Crippen LogP contribution in [0.5, 0.6) is 0 Å². The normalized spacial score (nSPS) is 63.4. The molecule has 4 aliphatic rings. The summed E-state index contributed by atoms with van der Waals surface area (Å²) in [6, 6.07) is 0. The van der Waals surface area contributed by atoms with Gasteiger partial charge < -0.3 is 0 Å². The lowest BCUT2D eigenvalue weighted by atomic mass is 9.37. The van der Waals surface area contributed by atoms with Crippen LogP contribution in [0.25, 0.3) is 0 Å². The van der Waals surface area contributed by atoms with E-state index < -0.39 is 0 Å². The Morgan fingerprint density at radius 1 is 0.562 bits per heavy atom. The van der Waals surface area contributed by atoms with E-state index >= 15 is 0 Å². The zero-order valence-corrected chi connectivity index (χ0v) is 10.9. The van der Waals surface area contributed by atoms with E-state index in [-0.39, 0.29) is 0 Å². The van der Waals surface area contributed by atoms with Crippen LogP contribution in [0.4, 0.5) is 0 Å². The van der Waals surface area contributed by atoms with Crippen LogP contribution >= 0.6 is 0 Å². The Balaban J connectivity index is 1.56. The molecule has 0 amide bonds. The first-order valence-electron chi connectivity index (χ1n) is 7.79. The molecule has 0 nitrogen and oxygen atoms in total. The molecular weight excluding hydrogens is 192 g/mol. The maximum Gasteiger partial charge on any atom is -0.0318 e. The molecule has 4 aliphatic carbocycles. The third kappa shape index (κ3) is 1.03. The molecule has 0 spiro atoms. The molecule has 90 valence electrons. The second kappa shape index (κ2) is 3.27. The lowest BCUT2D eigenvalue weighted by molar-refractivity contribution is -0.192. The third-order valence-corrected chi connectivity index (χ3v) is 7.27. The van der Waals surface area contributed by atoms with E-state index in [2.05, 4.69) is 13.8 Å². The highest BCUT2D eigenvalue weighted by Crippen LogP contribution is 2.67. The number of rotatable bonds is 1. The summed E-state index contributed by atoms with van der Waals surface area (Å²) in [6.45, 7) is 5.09. The summed E-state index contributed by atoms with van der Waals surface area (Å²) in [6.07, 6.45) is 9.40. The van der Waals surface area contributed by atoms with Crippen molar-refractivity contribution < 1.29 is 0 Å². The highest BCUT2D eigenvalue weighted by atomic mass is 14.7. The largest absolute Gasteiger partial charge is 0.0620 e. The Hall–Kier alpha value is 0. The van der Waals surface area contributed by atoms with Crippen molar-refractivity contribution in [3.8, 4) is 0 Å². The van der Waals surface area contributed by atoms with Crippen LogP contribution in [-0.2, 0) is 0 Å². The molecule has 0 N–H and O–H groups in total. The van der Waals surface area contributed by atoms with Gasteiger partial charge in [-0.1, -0.05) is 26.7 Å². The van der Waals surface area contributed by atoms with Crippen molar-refractivity contribution in [2.24, 2.45) is 47.3 Å². The summed E-state index contributed by atoms with van der Waals surface area (Å²) in [5, 5.41) is 0. The van der Waals surface area contributed by atoms with Crippen molar-refractivity contribution in [2.75, 3.05) is 0 Å². The summed E-state index contributed by atoms with van der Waals surface area (Å²) in [4.78, 5) is 0. The molecule has 0 aromatic rings. The van der Waals surface area contributed by atoms with Gasteiger partial charge in [0.2, 0.25) is 0 Å². The summed E-state index contributed by atoms with van der Waals surface area (Å²) in [7, 11) is 0. The van der Waals surface area contributed by atoms with Gasteiger partial charge >= 0.3 is 0 Å². The van der Waals surface area contributed by atoms with E-state index in [1.807, 2.05) is 0 Å². The minimum atomic E-state index is 1.09. The van der Waals surface area contributed by atoms with Crippen molar-refractivity contribution in [3.63, 3.8) is 0 Å². The highest BCUT2D eigenvalue weighted by molar-refractivity contribution is 5.09. The van der Waals surface area contributed by atoms with Gasteiger partial charge in [0.15, 0.2) is 0 Å². The van der Waals surface area contributed by atoms with Gasteiger partial charge in [-0.05, 0) is 73.0 Å². The molecule has 0 heteroatoms. The predicted octanol–water partition coefficient (Wildman–Crippen LogP) is 4.35. The van der Waals surface area contributed by atoms with Crippen molar-refractivity contribution in [1.29, 1.82) is 0 Å². The molecule has 0 aromatic heterocycles. The van der Waals surface area contributed by atoms with Gasteiger partial charge in [-0.3, -0.25) is 0 Å². The van der Waals surface area contributed by atoms with Crippen LogP contribution in [0.3, 0.4) is 0 Å². The third-order valence-electron chi connectivity index (χ3n) is 7.27. The van der Waals surface area contributed by atoms with Gasteiger partial charge in [0, 0.05) is 0 Å². The molecule has 0 saturated heterocycles. The Labute approximate surface area is 100 Å². The molecule has 0 aliphatic heterocycles. The zero-order chi connectivity index (χ0) is 10.9. The number of fused-ring (bicyclic) bond motifs is 4. The van der Waals surface area contributed by atoms with Crippen molar-refractivity contribution in [3.05, 3.63) is 0 Å². The minimum Gasteiger partial charge on any atom is -0.0620 e. The fourth-order valence-corrected chi connectivity index (χ4v) is 6.52. The molecule has 0 radical (unpaired) electrons. The van der Waals surface area contributed by atoms with E-state index in [1.165, 1.54) is 11.8 Å². The first-order valence-corrected chi connectivity index (χ1v) is 7.79. The van der Waals surface area contributed by atoms with E-state index in [4.69, 9.17) is 0 Å². The van der Waals surface area contributed by atoms with Gasteiger partial charge in [-0.2, -0.15) is 0 Å². The molecule has 16 heavy (non-hydrogen) atoms. The molecule has 0 heterocycles. The van der Waals surface area contributed by atoms with Crippen molar-refractivity contribution >= 4 is 0 Å². The summed E-state index contributed by atoms with van der Waals surface area (Å²) in [5.74, 6) is 9.17. The number of hydrogen-bond acceptors (Lipinski definition) is 0. The second-order valence-electron chi connectivity index (χ2n) is 7.39. The molecule has 4 rings (SSSR count). The van der Waals surface area contributed by atoms with Crippen LogP contribution in [-0.4, -0.2) is 0 Å². The molecule has 4 saturated carbocycles. The molecule has 4 atom stereocenters. The van der Waals surface area contributed by atoms with Crippen LogP contribution in [0.1, 0.15) is 52.4 Å². The van der Waals surface area contributed by atoms with Gasteiger partial charge in [0.25, 0.3) is 0 Å². The van der Waals surface area contributed by atoms with Crippen LogP contribution in [0.15, 0.2) is 0 Å². The minimum absolute atomic E-state index is 1.09. The predicted molar refractivity (Wildman–Crippen MR) is 67.0 cm³/mol. The Morgan fingerprint density at radius 2 is 0.875 bits per heavy atom. The zero-order valence-electron chi connectivity index (χ0n) is 10.9. The van der Waals surface area contributed by atoms with E-state index in [9.17, 15) is 0 Å². The molecule has 4 bridgehead atoms. The SMILES string of the molecule is CC1C2CCCC1C2C1C2CCCC1C2C. The van der Waals surface area contributed by atoms with Gasteiger partial charge in [-0.15, -0.1) is 0 Å². The average Bonchev–Trinajstić information content (AvgIpc) is 2.37. The lowest BCUT2D eigenvalue weighted by Gasteiger charge is -2.67. The van der Waals surface area contributed by atoms with E-state index in [0.717, 1.165) is 35.5 Å². The average molecular weight is 218 g/mol. The van der Waals surface area contributed by atoms with Crippen LogP contribution in [0.2, 0.25) is 0 Å². The van der Waals surface area contributed by atoms with Crippen LogP contribution in [0, 0.1) is 47.3 Å². The van der Waals surface area contributed by atoms with Crippen molar-refractivity contribution in [1.82, 2.24) is 0 Å². The molecule has 4 unspecified atom stereocenters. The van der Waals surface area contributed by atoms with Gasteiger partial charge in [0.05, 0.1) is 0 Å². The monoisotopic (exact) mass is 218 g/mol. The highest BCUT2D eigenvalue weighted by Gasteiger charge is 2.61. The van der Waals surface area contributed by atoms with Crippen LogP contribution < -0.4 is 0 Å². The van der Waals surface area contributed by atoms with E-state index in [0.29, 0.717) is 0 Å². The molecule has 0 aromatic carbocycles. The topological polar surface area (TPSA) is 0 Å².